The van der Waals surface area contributed by atoms with Crippen molar-refractivity contribution in [1.82, 2.24) is 5.06 Å². The summed E-state index contributed by atoms with van der Waals surface area (Å²) >= 11 is 0. The Morgan fingerprint density at radius 1 is 1.09 bits per heavy atom. The molecule has 4 heteroatoms. The molecule has 0 saturated heterocycles. The molecule has 112 valence electrons. The lowest BCUT2D eigenvalue weighted by atomic mass is 10.1. The van der Waals surface area contributed by atoms with Gasteiger partial charge in [0, 0.05) is 0 Å². The van der Waals surface area contributed by atoms with Gasteiger partial charge < -0.3 is 9.57 Å². The van der Waals surface area contributed by atoms with Crippen LogP contribution in [0.5, 0.6) is 0 Å². The van der Waals surface area contributed by atoms with E-state index in [-0.39, 0.29) is 11.8 Å². The van der Waals surface area contributed by atoms with Gasteiger partial charge in [0.2, 0.25) is 5.76 Å². The van der Waals surface area contributed by atoms with E-state index in [1.165, 1.54) is 7.11 Å². The summed E-state index contributed by atoms with van der Waals surface area (Å²) in [4.78, 5) is 17.5. The van der Waals surface area contributed by atoms with E-state index in [0.29, 0.717) is 6.54 Å². The van der Waals surface area contributed by atoms with Crippen molar-refractivity contribution in [3.05, 3.63) is 83.6 Å². The molecule has 1 aliphatic heterocycles. The van der Waals surface area contributed by atoms with Gasteiger partial charge in [-0.2, -0.15) is 0 Å². The zero-order valence-corrected chi connectivity index (χ0v) is 12.3. The zero-order chi connectivity index (χ0) is 15.4. The largest absolute Gasteiger partial charge is 0.463 e. The van der Waals surface area contributed by atoms with Gasteiger partial charge in [-0.15, -0.1) is 5.06 Å². The second-order valence-corrected chi connectivity index (χ2v) is 5.03. The van der Waals surface area contributed by atoms with Crippen LogP contribution in [0, 0.1) is 0 Å². The van der Waals surface area contributed by atoms with Gasteiger partial charge in [-0.3, -0.25) is 0 Å². The van der Waals surface area contributed by atoms with Crippen molar-refractivity contribution in [1.29, 1.82) is 0 Å². The van der Waals surface area contributed by atoms with E-state index in [9.17, 15) is 4.79 Å². The van der Waals surface area contributed by atoms with Crippen molar-refractivity contribution in [2.24, 2.45) is 0 Å². The summed E-state index contributed by atoms with van der Waals surface area (Å²) in [6.07, 6.45) is 1.80. The predicted molar refractivity (Wildman–Crippen MR) is 82.4 cm³/mol. The summed E-state index contributed by atoms with van der Waals surface area (Å²) in [5, 5.41) is 1.79. The molecule has 2 aromatic rings. The van der Waals surface area contributed by atoms with Crippen LogP contribution >= 0.6 is 0 Å². The highest BCUT2D eigenvalue weighted by molar-refractivity contribution is 5.86. The molecule has 0 amide bonds. The van der Waals surface area contributed by atoms with Crippen LogP contribution in [0.1, 0.15) is 17.2 Å². The van der Waals surface area contributed by atoms with Crippen LogP contribution in [-0.4, -0.2) is 18.1 Å². The van der Waals surface area contributed by atoms with Gasteiger partial charge in [0.05, 0.1) is 19.7 Å². The first-order chi connectivity index (χ1) is 10.8. The number of carbonyl (C=O) groups excluding carboxylic acids is 1. The van der Waals surface area contributed by atoms with Crippen LogP contribution in [0.2, 0.25) is 0 Å². The van der Waals surface area contributed by atoms with Gasteiger partial charge in [-0.1, -0.05) is 60.7 Å². The number of hydrogen-bond acceptors (Lipinski definition) is 4. The summed E-state index contributed by atoms with van der Waals surface area (Å²) < 4.78 is 4.76. The molecule has 0 fully saturated rings. The monoisotopic (exact) mass is 295 g/mol. The van der Waals surface area contributed by atoms with E-state index < -0.39 is 5.97 Å². The first kappa shape index (κ1) is 14.4. The summed E-state index contributed by atoms with van der Waals surface area (Å²) in [6, 6.07) is 19.8. The highest BCUT2D eigenvalue weighted by atomic mass is 16.7. The Morgan fingerprint density at radius 3 is 2.36 bits per heavy atom. The van der Waals surface area contributed by atoms with E-state index in [0.717, 1.165) is 11.1 Å². The summed E-state index contributed by atoms with van der Waals surface area (Å²) in [5.74, 6) is -0.233. The Hall–Kier alpha value is -2.59. The number of benzene rings is 2. The molecule has 0 N–H and O–H groups in total. The molecular weight excluding hydrogens is 278 g/mol. The molecule has 1 aliphatic rings. The SMILES string of the molecule is COC(=O)C1=CC(c2ccccc2)N(Cc2ccccc2)O1. The van der Waals surface area contributed by atoms with E-state index in [1.54, 1.807) is 11.1 Å². The number of esters is 1. The molecule has 4 nitrogen and oxygen atoms in total. The van der Waals surface area contributed by atoms with Crippen molar-refractivity contribution in [2.75, 3.05) is 7.11 Å². The van der Waals surface area contributed by atoms with Gasteiger partial charge >= 0.3 is 5.97 Å². The third-order valence-electron chi connectivity index (χ3n) is 3.54. The number of ether oxygens (including phenoxy) is 1. The minimum atomic E-state index is -0.462. The quantitative estimate of drug-likeness (QED) is 0.812. The Morgan fingerprint density at radius 2 is 1.73 bits per heavy atom. The molecule has 0 aromatic heterocycles. The van der Waals surface area contributed by atoms with Gasteiger partial charge in [0.15, 0.2) is 0 Å². The minimum absolute atomic E-state index is 0.115. The van der Waals surface area contributed by atoms with E-state index >= 15 is 0 Å². The molecule has 1 atom stereocenters. The van der Waals surface area contributed by atoms with Crippen molar-refractivity contribution < 1.29 is 14.4 Å². The fraction of sp³-hybridized carbons (Fsp3) is 0.167. The van der Waals surface area contributed by atoms with E-state index in [2.05, 4.69) is 0 Å². The van der Waals surface area contributed by atoms with E-state index in [4.69, 9.17) is 9.57 Å². The number of hydrogen-bond donors (Lipinski definition) is 0. The van der Waals surface area contributed by atoms with Crippen LogP contribution in [0.4, 0.5) is 0 Å². The third kappa shape index (κ3) is 3.02. The molecular formula is C18H17NO3. The molecule has 0 saturated carbocycles. The molecule has 1 heterocycles. The lowest BCUT2D eigenvalue weighted by molar-refractivity contribution is -0.160. The number of carbonyl (C=O) groups is 1. The molecule has 2 aromatic carbocycles. The Labute approximate surface area is 129 Å². The second-order valence-electron chi connectivity index (χ2n) is 5.03. The van der Waals surface area contributed by atoms with Gasteiger partial charge in [0.25, 0.3) is 0 Å². The summed E-state index contributed by atoms with van der Waals surface area (Å²) in [6.45, 7) is 0.581. The average molecular weight is 295 g/mol. The average Bonchev–Trinajstić information content (AvgIpc) is 3.00. The highest BCUT2D eigenvalue weighted by Crippen LogP contribution is 2.32. The number of rotatable bonds is 4. The van der Waals surface area contributed by atoms with Crippen LogP contribution in [-0.2, 0) is 20.9 Å². The topological polar surface area (TPSA) is 38.8 Å². The number of methoxy groups -OCH3 is 1. The first-order valence-corrected chi connectivity index (χ1v) is 7.11. The van der Waals surface area contributed by atoms with E-state index in [1.807, 2.05) is 60.7 Å². The normalized spacial score (nSPS) is 17.7. The van der Waals surface area contributed by atoms with Crippen LogP contribution in [0.25, 0.3) is 0 Å². The summed E-state index contributed by atoms with van der Waals surface area (Å²) in [5.41, 5.74) is 2.18. The highest BCUT2D eigenvalue weighted by Gasteiger charge is 2.32. The summed E-state index contributed by atoms with van der Waals surface area (Å²) in [7, 11) is 1.35. The Bertz CT molecular complexity index is 667. The van der Waals surface area contributed by atoms with Crippen molar-refractivity contribution in [3.8, 4) is 0 Å². The van der Waals surface area contributed by atoms with Crippen LogP contribution < -0.4 is 0 Å². The van der Waals surface area contributed by atoms with Crippen molar-refractivity contribution in [2.45, 2.75) is 12.6 Å². The maximum atomic E-state index is 11.7. The number of hydroxylamine groups is 2. The fourth-order valence-corrected chi connectivity index (χ4v) is 2.45. The molecule has 0 spiro atoms. The lowest BCUT2D eigenvalue weighted by Gasteiger charge is -2.23. The van der Waals surface area contributed by atoms with Gasteiger partial charge in [0.1, 0.15) is 0 Å². The smallest absolute Gasteiger partial charge is 0.375 e. The molecule has 3 rings (SSSR count). The maximum Gasteiger partial charge on any atom is 0.375 e. The first-order valence-electron chi connectivity index (χ1n) is 7.11. The molecule has 22 heavy (non-hydrogen) atoms. The minimum Gasteiger partial charge on any atom is -0.463 e. The van der Waals surface area contributed by atoms with Crippen molar-refractivity contribution >= 4 is 5.97 Å². The maximum absolute atomic E-state index is 11.7. The second kappa shape index (κ2) is 6.45. The molecule has 1 unspecified atom stereocenters. The lowest BCUT2D eigenvalue weighted by Crippen LogP contribution is -2.23. The van der Waals surface area contributed by atoms with Crippen LogP contribution in [0.15, 0.2) is 72.5 Å². The Balaban J connectivity index is 1.86. The standard InChI is InChI=1S/C18H17NO3/c1-21-18(20)17-12-16(15-10-6-3-7-11-15)19(22-17)13-14-8-4-2-5-9-14/h2-12,16H,13H2,1H3. The zero-order valence-electron chi connectivity index (χ0n) is 12.3. The molecule has 0 aliphatic carbocycles. The Kier molecular flexibility index (Phi) is 4.21. The third-order valence-corrected chi connectivity index (χ3v) is 3.54. The molecule has 0 bridgehead atoms. The van der Waals surface area contributed by atoms with Crippen LogP contribution in [0.3, 0.4) is 0 Å². The number of nitrogens with zero attached hydrogens (tertiary/aromatic N) is 1. The molecule has 0 radical (unpaired) electrons. The predicted octanol–water partition coefficient (Wildman–Crippen LogP) is 3.23. The van der Waals surface area contributed by atoms with Gasteiger partial charge in [-0.25, -0.2) is 4.79 Å². The van der Waals surface area contributed by atoms with Crippen molar-refractivity contribution in [3.63, 3.8) is 0 Å². The fourth-order valence-electron chi connectivity index (χ4n) is 2.45. The van der Waals surface area contributed by atoms with Gasteiger partial charge in [-0.05, 0) is 17.2 Å².